The van der Waals surface area contributed by atoms with Gasteiger partial charge in [-0.1, -0.05) is 23.3 Å². The average molecular weight is 363 g/mol. The van der Waals surface area contributed by atoms with Crippen LogP contribution >= 0.6 is 0 Å². The Bertz CT molecular complexity index is 1240. The third-order valence-electron chi connectivity index (χ3n) is 5.07. The Kier molecular flexibility index (Phi) is 3.87. The standard InChI is InChI=1S/C25H21N3/c1-18-13-19(2)15-21(14-18)22-8-7-20-16-24(27-9-3-4-10-27)25(17-23(20)26-22)28-11-5-6-12-28/h3-17H,1-2H3. The van der Waals surface area contributed by atoms with Crippen LogP contribution in [0.15, 0.2) is 91.5 Å². The summed E-state index contributed by atoms with van der Waals surface area (Å²) in [6, 6.07) is 23.4. The van der Waals surface area contributed by atoms with Gasteiger partial charge in [0.25, 0.3) is 0 Å². The highest BCUT2D eigenvalue weighted by molar-refractivity contribution is 5.87. The van der Waals surface area contributed by atoms with E-state index in [1.807, 2.05) is 24.3 Å². The summed E-state index contributed by atoms with van der Waals surface area (Å²) in [7, 11) is 0. The molecule has 0 amide bonds. The van der Waals surface area contributed by atoms with Gasteiger partial charge in [0.1, 0.15) is 0 Å². The molecule has 0 aliphatic heterocycles. The van der Waals surface area contributed by atoms with E-state index < -0.39 is 0 Å². The molecule has 3 heterocycles. The molecule has 5 aromatic rings. The Labute approximate surface area is 164 Å². The number of nitrogens with zero attached hydrogens (tertiary/aromatic N) is 3. The zero-order valence-electron chi connectivity index (χ0n) is 16.0. The molecule has 3 heteroatoms. The molecule has 0 N–H and O–H groups in total. The molecule has 3 nitrogen and oxygen atoms in total. The van der Waals surface area contributed by atoms with Crippen molar-refractivity contribution < 1.29 is 0 Å². The molecular weight excluding hydrogens is 342 g/mol. The van der Waals surface area contributed by atoms with Gasteiger partial charge in [-0.3, -0.25) is 0 Å². The predicted molar refractivity (Wildman–Crippen MR) is 115 cm³/mol. The lowest BCUT2D eigenvalue weighted by atomic mass is 10.0. The molecule has 0 spiro atoms. The summed E-state index contributed by atoms with van der Waals surface area (Å²) >= 11 is 0. The van der Waals surface area contributed by atoms with E-state index in [1.165, 1.54) is 11.1 Å². The van der Waals surface area contributed by atoms with Crippen molar-refractivity contribution in [1.29, 1.82) is 0 Å². The molecule has 0 radical (unpaired) electrons. The van der Waals surface area contributed by atoms with E-state index in [1.54, 1.807) is 0 Å². The van der Waals surface area contributed by atoms with Crippen molar-refractivity contribution in [1.82, 2.24) is 14.1 Å². The molecule has 0 fully saturated rings. The summed E-state index contributed by atoms with van der Waals surface area (Å²) in [4.78, 5) is 5.00. The number of pyridine rings is 1. The second kappa shape index (κ2) is 6.54. The Morgan fingerprint density at radius 2 is 1.21 bits per heavy atom. The van der Waals surface area contributed by atoms with Gasteiger partial charge in [-0.2, -0.15) is 0 Å². The van der Waals surface area contributed by atoms with E-state index in [9.17, 15) is 0 Å². The molecule has 0 saturated heterocycles. The summed E-state index contributed by atoms with van der Waals surface area (Å²) < 4.78 is 4.28. The maximum Gasteiger partial charge on any atom is 0.0731 e. The van der Waals surface area contributed by atoms with Gasteiger partial charge < -0.3 is 9.13 Å². The molecule has 3 aromatic heterocycles. The molecular formula is C25H21N3. The Hall–Kier alpha value is -3.59. The Morgan fingerprint density at radius 1 is 0.643 bits per heavy atom. The lowest BCUT2D eigenvalue weighted by Gasteiger charge is -2.14. The van der Waals surface area contributed by atoms with Crippen molar-refractivity contribution in [3.63, 3.8) is 0 Å². The van der Waals surface area contributed by atoms with Gasteiger partial charge in [0.2, 0.25) is 0 Å². The van der Waals surface area contributed by atoms with Gasteiger partial charge in [-0.05, 0) is 68.4 Å². The highest BCUT2D eigenvalue weighted by Gasteiger charge is 2.10. The molecule has 0 aliphatic carbocycles. The first-order valence-electron chi connectivity index (χ1n) is 9.47. The molecule has 0 aliphatic rings. The summed E-state index contributed by atoms with van der Waals surface area (Å²) in [5.41, 5.74) is 7.92. The van der Waals surface area contributed by atoms with Gasteiger partial charge in [0, 0.05) is 35.7 Å². The lowest BCUT2D eigenvalue weighted by molar-refractivity contribution is 1.01. The second-order valence-corrected chi connectivity index (χ2v) is 7.29. The molecule has 2 aromatic carbocycles. The number of aromatic nitrogens is 3. The normalized spacial score (nSPS) is 11.2. The number of fused-ring (bicyclic) bond motifs is 1. The molecule has 0 unspecified atom stereocenters. The van der Waals surface area contributed by atoms with Crippen LogP contribution in [-0.4, -0.2) is 14.1 Å². The largest absolute Gasteiger partial charge is 0.322 e. The summed E-state index contributed by atoms with van der Waals surface area (Å²) in [6.45, 7) is 4.26. The molecule has 5 rings (SSSR count). The van der Waals surface area contributed by atoms with E-state index in [0.717, 1.165) is 33.5 Å². The number of benzene rings is 2. The third-order valence-corrected chi connectivity index (χ3v) is 5.07. The highest BCUT2D eigenvalue weighted by Crippen LogP contribution is 2.28. The zero-order valence-corrected chi connectivity index (χ0v) is 16.0. The summed E-state index contributed by atoms with van der Waals surface area (Å²) in [5.74, 6) is 0. The molecule has 28 heavy (non-hydrogen) atoms. The maximum absolute atomic E-state index is 5.00. The molecule has 0 bridgehead atoms. The van der Waals surface area contributed by atoms with Crippen molar-refractivity contribution in [2.24, 2.45) is 0 Å². The minimum absolute atomic E-state index is 0.997. The molecule has 136 valence electrons. The summed E-state index contributed by atoms with van der Waals surface area (Å²) in [6.07, 6.45) is 8.29. The first kappa shape index (κ1) is 16.6. The fourth-order valence-electron chi connectivity index (χ4n) is 3.84. The topological polar surface area (TPSA) is 22.8 Å². The first-order valence-corrected chi connectivity index (χ1v) is 9.47. The van der Waals surface area contributed by atoms with Crippen LogP contribution in [0.4, 0.5) is 0 Å². The molecule has 0 atom stereocenters. The predicted octanol–water partition coefficient (Wildman–Crippen LogP) is 6.10. The SMILES string of the molecule is Cc1cc(C)cc(-c2ccc3cc(-n4cccc4)c(-n4cccc4)cc3n2)c1. The van der Waals surface area contributed by atoms with Gasteiger partial charge >= 0.3 is 0 Å². The Morgan fingerprint density at radius 3 is 1.82 bits per heavy atom. The molecule has 0 saturated carbocycles. The van der Waals surface area contributed by atoms with Crippen LogP contribution in [0.5, 0.6) is 0 Å². The fraction of sp³-hybridized carbons (Fsp3) is 0.0800. The van der Waals surface area contributed by atoms with Crippen LogP contribution in [0.3, 0.4) is 0 Å². The van der Waals surface area contributed by atoms with E-state index in [-0.39, 0.29) is 0 Å². The Balaban J connectivity index is 1.73. The number of hydrogen-bond acceptors (Lipinski definition) is 1. The van der Waals surface area contributed by atoms with Crippen LogP contribution in [0.25, 0.3) is 33.5 Å². The van der Waals surface area contributed by atoms with Crippen LogP contribution in [0.1, 0.15) is 11.1 Å². The smallest absolute Gasteiger partial charge is 0.0731 e. The van der Waals surface area contributed by atoms with E-state index in [4.69, 9.17) is 4.98 Å². The fourth-order valence-corrected chi connectivity index (χ4v) is 3.84. The minimum Gasteiger partial charge on any atom is -0.322 e. The maximum atomic E-state index is 5.00. The van der Waals surface area contributed by atoms with Crippen LogP contribution in [0, 0.1) is 13.8 Å². The van der Waals surface area contributed by atoms with Gasteiger partial charge in [-0.15, -0.1) is 0 Å². The van der Waals surface area contributed by atoms with Crippen molar-refractivity contribution in [3.8, 4) is 22.6 Å². The van der Waals surface area contributed by atoms with Gasteiger partial charge in [0.15, 0.2) is 0 Å². The number of aryl methyl sites for hydroxylation is 2. The van der Waals surface area contributed by atoms with E-state index in [0.29, 0.717) is 0 Å². The van der Waals surface area contributed by atoms with Crippen molar-refractivity contribution in [2.45, 2.75) is 13.8 Å². The minimum atomic E-state index is 0.997. The lowest BCUT2D eigenvalue weighted by Crippen LogP contribution is -2.01. The van der Waals surface area contributed by atoms with Crippen LogP contribution in [0.2, 0.25) is 0 Å². The van der Waals surface area contributed by atoms with Gasteiger partial charge in [0.05, 0.1) is 22.6 Å². The van der Waals surface area contributed by atoms with Crippen molar-refractivity contribution in [2.75, 3.05) is 0 Å². The van der Waals surface area contributed by atoms with Crippen LogP contribution in [-0.2, 0) is 0 Å². The second-order valence-electron chi connectivity index (χ2n) is 7.29. The monoisotopic (exact) mass is 363 g/mol. The van der Waals surface area contributed by atoms with Crippen molar-refractivity contribution in [3.05, 3.63) is 103 Å². The number of rotatable bonds is 3. The van der Waals surface area contributed by atoms with Crippen LogP contribution < -0.4 is 0 Å². The number of hydrogen-bond donors (Lipinski definition) is 0. The van der Waals surface area contributed by atoms with Gasteiger partial charge in [-0.25, -0.2) is 4.98 Å². The van der Waals surface area contributed by atoms with Crippen molar-refractivity contribution >= 4 is 10.9 Å². The quantitative estimate of drug-likeness (QED) is 0.380. The first-order chi connectivity index (χ1) is 13.7. The third kappa shape index (κ3) is 2.91. The highest BCUT2D eigenvalue weighted by atomic mass is 15.0. The zero-order chi connectivity index (χ0) is 19.1. The summed E-state index contributed by atoms with van der Waals surface area (Å²) in [5, 5.41) is 1.13. The van der Waals surface area contributed by atoms with E-state index >= 15 is 0 Å². The average Bonchev–Trinajstić information content (AvgIpc) is 3.39. The van der Waals surface area contributed by atoms with E-state index in [2.05, 4.69) is 90.2 Å².